The van der Waals surface area contributed by atoms with E-state index in [-0.39, 0.29) is 47.0 Å². The number of hydrogen-bond donors (Lipinski definition) is 1. The number of aryl methyl sites for hydroxylation is 1. The van der Waals surface area contributed by atoms with Crippen LogP contribution in [0.15, 0.2) is 73.2 Å². The maximum absolute atomic E-state index is 13.1. The van der Waals surface area contributed by atoms with E-state index in [1.807, 2.05) is 30.7 Å². The van der Waals surface area contributed by atoms with Gasteiger partial charge in [-0.1, -0.05) is 19.1 Å². The van der Waals surface area contributed by atoms with E-state index >= 15 is 0 Å². The fourth-order valence-electron chi connectivity index (χ4n) is 10.2. The van der Waals surface area contributed by atoms with Crippen molar-refractivity contribution in [2.24, 2.45) is 23.8 Å². The first-order valence-electron chi connectivity index (χ1n) is 20.7. The molecule has 1 unspecified atom stereocenters. The van der Waals surface area contributed by atoms with Gasteiger partial charge in [0.15, 0.2) is 0 Å². The predicted molar refractivity (Wildman–Crippen MR) is 217 cm³/mol. The fourth-order valence-corrected chi connectivity index (χ4v) is 10.2. The van der Waals surface area contributed by atoms with Crippen molar-refractivity contribution >= 4 is 45.4 Å². The van der Waals surface area contributed by atoms with Gasteiger partial charge in [-0.25, -0.2) is 4.98 Å². The molecule has 0 radical (unpaired) electrons. The van der Waals surface area contributed by atoms with Crippen molar-refractivity contribution < 1.29 is 38.1 Å². The number of carbonyl (C=O) groups is 4. The molecular formula is C46H47N5O8. The summed E-state index contributed by atoms with van der Waals surface area (Å²) in [5.41, 5.74) is 5.48. The number of unbranched alkanes of at least 4 members (excludes halogenated alkanes) is 1. The number of nitrogens with one attached hydrogen (secondary N) is 1. The van der Waals surface area contributed by atoms with Crippen LogP contribution in [0.2, 0.25) is 0 Å². The van der Waals surface area contributed by atoms with E-state index in [0.717, 1.165) is 73.2 Å². The Kier molecular flexibility index (Phi) is 9.28. The Morgan fingerprint density at radius 1 is 0.814 bits per heavy atom. The van der Waals surface area contributed by atoms with Crippen LogP contribution in [0.1, 0.15) is 79.0 Å². The van der Waals surface area contributed by atoms with E-state index in [2.05, 4.69) is 58.1 Å². The summed E-state index contributed by atoms with van der Waals surface area (Å²) in [6.45, 7) is 5.00. The van der Waals surface area contributed by atoms with Crippen LogP contribution in [-0.4, -0.2) is 87.7 Å². The van der Waals surface area contributed by atoms with Crippen LogP contribution in [0.25, 0.3) is 32.9 Å². The minimum Gasteiger partial charge on any atom is -0.494 e. The highest BCUT2D eigenvalue weighted by Gasteiger charge is 2.73. The summed E-state index contributed by atoms with van der Waals surface area (Å²) in [5.74, 6) is -0.388. The van der Waals surface area contributed by atoms with Gasteiger partial charge in [0.2, 0.25) is 17.7 Å². The molecule has 2 aromatic carbocycles. The molecule has 4 amide bonds. The number of piperidine rings is 1. The number of imide groups is 2. The van der Waals surface area contributed by atoms with Crippen molar-refractivity contribution in [2.45, 2.75) is 76.5 Å². The Labute approximate surface area is 341 Å². The SMILES string of the molecule is C[C@@H]1C2(COCCCCOc3ccc4c(c3)C(=O)N(C3CCC(=O)NC3=O)C4=O)CC1(CO[C@H]1C[C@H](Oc3ccc(-c4ccc5c6cnccc6n(C)c5c4)cn3)C1)C2. The molecule has 0 spiro atoms. The zero-order chi connectivity index (χ0) is 40.5. The second-order valence-electron chi connectivity index (χ2n) is 17.3. The molecule has 3 aromatic heterocycles. The number of aromatic nitrogens is 3. The highest BCUT2D eigenvalue weighted by atomic mass is 16.5. The van der Waals surface area contributed by atoms with E-state index in [0.29, 0.717) is 30.8 Å². The lowest BCUT2D eigenvalue weighted by Gasteiger charge is -2.76. The molecule has 5 fully saturated rings. The van der Waals surface area contributed by atoms with E-state index in [9.17, 15) is 19.2 Å². The maximum atomic E-state index is 13.1. The van der Waals surface area contributed by atoms with Gasteiger partial charge in [0.25, 0.3) is 11.8 Å². The molecule has 304 valence electrons. The molecule has 2 bridgehead atoms. The van der Waals surface area contributed by atoms with E-state index in [1.165, 1.54) is 16.4 Å². The number of pyridine rings is 2. The predicted octanol–water partition coefficient (Wildman–Crippen LogP) is 6.41. The zero-order valence-electron chi connectivity index (χ0n) is 33.3. The first-order valence-corrected chi connectivity index (χ1v) is 20.7. The highest BCUT2D eigenvalue weighted by Crippen LogP contribution is 2.77. The van der Waals surface area contributed by atoms with Gasteiger partial charge < -0.3 is 23.5 Å². The summed E-state index contributed by atoms with van der Waals surface area (Å²) in [5, 5.41) is 4.57. The van der Waals surface area contributed by atoms with Gasteiger partial charge in [0, 0.05) is 79.4 Å². The van der Waals surface area contributed by atoms with Gasteiger partial charge >= 0.3 is 0 Å². The Morgan fingerprint density at radius 2 is 1.61 bits per heavy atom. The molecule has 2 atom stereocenters. The standard InChI is InChI=1S/C46H47N5O8/c1-27-45(25-56-15-3-4-16-57-30-7-9-34-35(20-30)44(55)51(43(34)54)38-10-11-40(52)49-42(38)53)23-46(27,24-45)26-58-31-18-32(19-31)59-41-12-6-29(21-48-41)28-5-8-33-36-22-47-14-13-37(36)50(2)39(33)17-28/h5-9,12-14,17,20-22,27,31-32,38H,3-4,10-11,15-16,18-19,23-26H2,1-2H3,(H,49,52,53)/t27-,31-,32-,38?,45?,46?/m1/s1. The van der Waals surface area contributed by atoms with Crippen LogP contribution >= 0.6 is 0 Å². The molecule has 6 aliphatic rings. The molecule has 5 aromatic rings. The van der Waals surface area contributed by atoms with Crippen molar-refractivity contribution in [3.05, 3.63) is 84.3 Å². The lowest BCUT2D eigenvalue weighted by molar-refractivity contribution is -0.314. The summed E-state index contributed by atoms with van der Waals surface area (Å²) in [4.78, 5) is 59.8. The molecule has 4 aliphatic carbocycles. The minimum absolute atomic E-state index is 0.0814. The largest absolute Gasteiger partial charge is 0.494 e. The monoisotopic (exact) mass is 797 g/mol. The van der Waals surface area contributed by atoms with E-state index < -0.39 is 29.7 Å². The van der Waals surface area contributed by atoms with Crippen molar-refractivity contribution in [3.63, 3.8) is 0 Å². The molecule has 11 rings (SSSR count). The lowest BCUT2D eigenvalue weighted by Crippen LogP contribution is -2.72. The number of nitrogens with zero attached hydrogens (tertiary/aromatic N) is 4. The average Bonchev–Trinajstić information content (AvgIpc) is 3.64. The summed E-state index contributed by atoms with van der Waals surface area (Å²) < 4.78 is 26.9. The van der Waals surface area contributed by atoms with E-state index in [1.54, 1.807) is 18.2 Å². The molecule has 1 N–H and O–H groups in total. The van der Waals surface area contributed by atoms with Crippen LogP contribution in [0.5, 0.6) is 11.6 Å². The van der Waals surface area contributed by atoms with Crippen LogP contribution in [0, 0.1) is 16.7 Å². The van der Waals surface area contributed by atoms with Gasteiger partial charge in [0.1, 0.15) is 17.9 Å². The van der Waals surface area contributed by atoms with Crippen molar-refractivity contribution in [1.29, 1.82) is 0 Å². The van der Waals surface area contributed by atoms with Crippen LogP contribution in [0.4, 0.5) is 0 Å². The first-order chi connectivity index (χ1) is 28.6. The molecule has 1 saturated heterocycles. The number of fused-ring (bicyclic) bond motifs is 4. The van der Waals surface area contributed by atoms with Crippen molar-refractivity contribution in [1.82, 2.24) is 24.8 Å². The molecule has 5 heterocycles. The first kappa shape index (κ1) is 37.6. The molecule has 13 heteroatoms. The molecule has 2 aliphatic heterocycles. The highest BCUT2D eigenvalue weighted by molar-refractivity contribution is 6.23. The molecule has 59 heavy (non-hydrogen) atoms. The topological polar surface area (TPSA) is 151 Å². The number of carbonyl (C=O) groups excluding carboxylic acids is 4. The van der Waals surface area contributed by atoms with Crippen molar-refractivity contribution in [2.75, 3.05) is 26.4 Å². The van der Waals surface area contributed by atoms with Gasteiger partial charge in [-0.2, -0.15) is 0 Å². The van der Waals surface area contributed by atoms with Gasteiger partial charge in [-0.05, 0) is 90.8 Å². The quantitative estimate of drug-likeness (QED) is 0.0930. The number of ether oxygens (including phenoxy) is 4. The van der Waals surface area contributed by atoms with Crippen LogP contribution in [0.3, 0.4) is 0 Å². The number of benzene rings is 2. The summed E-state index contributed by atoms with van der Waals surface area (Å²) in [6.07, 6.45) is 11.9. The third-order valence-electron chi connectivity index (χ3n) is 13.8. The second kappa shape index (κ2) is 14.6. The molecule has 13 nitrogen and oxygen atoms in total. The Bertz CT molecular complexity index is 2500. The average molecular weight is 798 g/mol. The third-order valence-corrected chi connectivity index (χ3v) is 13.8. The van der Waals surface area contributed by atoms with Crippen molar-refractivity contribution in [3.8, 4) is 22.8 Å². The van der Waals surface area contributed by atoms with Gasteiger partial charge in [-0.15, -0.1) is 0 Å². The number of rotatable bonds is 15. The van der Waals surface area contributed by atoms with E-state index in [4.69, 9.17) is 18.9 Å². The summed E-state index contributed by atoms with van der Waals surface area (Å²) in [7, 11) is 2.09. The summed E-state index contributed by atoms with van der Waals surface area (Å²) >= 11 is 0. The Morgan fingerprint density at radius 3 is 2.41 bits per heavy atom. The van der Waals surface area contributed by atoms with Gasteiger partial charge in [0.05, 0.1) is 42.6 Å². The van der Waals surface area contributed by atoms with Crippen LogP contribution in [-0.2, 0) is 26.1 Å². The summed E-state index contributed by atoms with van der Waals surface area (Å²) in [6, 6.07) is 16.4. The fraction of sp³-hybridized carbons (Fsp3) is 0.435. The lowest BCUT2D eigenvalue weighted by atomic mass is 9.30. The van der Waals surface area contributed by atoms with Crippen LogP contribution < -0.4 is 14.8 Å². The molecular weight excluding hydrogens is 751 g/mol. The van der Waals surface area contributed by atoms with Gasteiger partial charge in [-0.3, -0.25) is 34.4 Å². The minimum atomic E-state index is -0.989. The normalized spacial score (nSPS) is 27.0. The Hall–Kier alpha value is -5.66. The number of amides is 4. The maximum Gasteiger partial charge on any atom is 0.262 e. The second-order valence-corrected chi connectivity index (χ2v) is 17.3. The smallest absolute Gasteiger partial charge is 0.262 e. The molecule has 4 saturated carbocycles. The Balaban J connectivity index is 0.608. The third kappa shape index (κ3) is 6.46. The zero-order valence-corrected chi connectivity index (χ0v) is 33.3. The number of hydrogen-bond acceptors (Lipinski definition) is 10.